The molecule has 1 atom stereocenters. The monoisotopic (exact) mass is 312 g/mol. The number of amides is 1. The number of aromatic nitrogens is 1. The molecule has 0 radical (unpaired) electrons. The smallest absolute Gasteiger partial charge is 0.308 e. The van der Waals surface area contributed by atoms with Crippen molar-refractivity contribution in [3.63, 3.8) is 0 Å². The zero-order chi connectivity index (χ0) is 16.7. The van der Waals surface area contributed by atoms with E-state index >= 15 is 0 Å². The van der Waals surface area contributed by atoms with Crippen molar-refractivity contribution >= 4 is 11.9 Å². The van der Waals surface area contributed by atoms with Gasteiger partial charge in [-0.2, -0.15) is 0 Å². The van der Waals surface area contributed by atoms with Gasteiger partial charge < -0.3 is 19.3 Å². The number of hydrogen-bond donors (Lipinski definition) is 1. The fourth-order valence-electron chi connectivity index (χ4n) is 2.13. The van der Waals surface area contributed by atoms with Gasteiger partial charge in [-0.3, -0.25) is 9.59 Å². The molecule has 22 heavy (non-hydrogen) atoms. The number of hydrogen-bond acceptors (Lipinski definition) is 5. The third-order valence-corrected chi connectivity index (χ3v) is 3.37. The van der Waals surface area contributed by atoms with Crippen LogP contribution in [-0.2, 0) is 9.53 Å². The number of aryl methyl sites for hydroxylation is 2. The maximum Gasteiger partial charge on any atom is 0.308 e. The number of aliphatic carboxylic acids is 1. The summed E-state index contributed by atoms with van der Waals surface area (Å²) in [6.45, 7) is 8.57. The highest BCUT2D eigenvalue weighted by Gasteiger charge is 2.26. The predicted octanol–water partition coefficient (Wildman–Crippen LogP) is 1.88. The molecule has 1 rings (SSSR count). The Morgan fingerprint density at radius 2 is 2.09 bits per heavy atom. The molecule has 0 aliphatic heterocycles. The average Bonchev–Trinajstić information content (AvgIpc) is 2.80. The Hall–Kier alpha value is -1.89. The summed E-state index contributed by atoms with van der Waals surface area (Å²) in [5, 5.41) is 12.8. The van der Waals surface area contributed by atoms with E-state index in [0.717, 1.165) is 0 Å². The van der Waals surface area contributed by atoms with Crippen LogP contribution in [0.4, 0.5) is 0 Å². The van der Waals surface area contributed by atoms with Crippen molar-refractivity contribution in [1.29, 1.82) is 0 Å². The average molecular weight is 312 g/mol. The molecular weight excluding hydrogens is 288 g/mol. The molecule has 0 spiro atoms. The van der Waals surface area contributed by atoms with Crippen LogP contribution in [0.1, 0.15) is 42.1 Å². The van der Waals surface area contributed by atoms with E-state index in [2.05, 4.69) is 5.16 Å². The van der Waals surface area contributed by atoms with Crippen LogP contribution in [0.5, 0.6) is 0 Å². The molecule has 1 heterocycles. The molecule has 0 aliphatic rings. The second kappa shape index (κ2) is 8.53. The normalized spacial score (nSPS) is 12.2. The van der Waals surface area contributed by atoms with Crippen LogP contribution in [0, 0.1) is 19.8 Å². The van der Waals surface area contributed by atoms with Gasteiger partial charge in [0.1, 0.15) is 11.3 Å². The van der Waals surface area contributed by atoms with Gasteiger partial charge in [0.2, 0.25) is 0 Å². The second-order valence-electron chi connectivity index (χ2n) is 5.24. The van der Waals surface area contributed by atoms with Gasteiger partial charge in [0, 0.05) is 26.3 Å². The van der Waals surface area contributed by atoms with Crippen molar-refractivity contribution in [2.75, 3.05) is 26.3 Å². The zero-order valence-corrected chi connectivity index (χ0v) is 13.6. The van der Waals surface area contributed by atoms with Gasteiger partial charge in [0.25, 0.3) is 5.91 Å². The van der Waals surface area contributed by atoms with Gasteiger partial charge in [-0.05, 0) is 27.2 Å². The Labute approximate surface area is 130 Å². The van der Waals surface area contributed by atoms with Gasteiger partial charge in [-0.15, -0.1) is 0 Å². The van der Waals surface area contributed by atoms with Crippen LogP contribution >= 0.6 is 0 Å². The van der Waals surface area contributed by atoms with Gasteiger partial charge in [0.05, 0.1) is 11.6 Å². The molecule has 1 amide bonds. The molecule has 124 valence electrons. The first-order chi connectivity index (χ1) is 10.4. The van der Waals surface area contributed by atoms with Gasteiger partial charge in [-0.1, -0.05) is 12.1 Å². The van der Waals surface area contributed by atoms with E-state index in [1.807, 2.05) is 6.92 Å². The molecule has 0 aromatic carbocycles. The highest BCUT2D eigenvalue weighted by atomic mass is 16.5. The summed E-state index contributed by atoms with van der Waals surface area (Å²) in [4.78, 5) is 25.3. The summed E-state index contributed by atoms with van der Waals surface area (Å²) in [5.41, 5.74) is 0.925. The van der Waals surface area contributed by atoms with Crippen molar-refractivity contribution in [3.8, 4) is 0 Å². The minimum atomic E-state index is -0.929. The Bertz CT molecular complexity index is 493. The minimum Gasteiger partial charge on any atom is -0.481 e. The molecule has 1 aromatic rings. The Morgan fingerprint density at radius 3 is 2.59 bits per heavy atom. The summed E-state index contributed by atoms with van der Waals surface area (Å²) in [6.07, 6.45) is 0.648. The lowest BCUT2D eigenvalue weighted by Crippen LogP contribution is -2.38. The largest absolute Gasteiger partial charge is 0.481 e. The maximum atomic E-state index is 12.7. The van der Waals surface area contributed by atoms with Crippen LogP contribution in [0.2, 0.25) is 0 Å². The number of carbonyl (C=O) groups excluding carboxylic acids is 1. The number of carboxylic acids is 1. The lowest BCUT2D eigenvalue weighted by molar-refractivity contribution is -0.141. The third kappa shape index (κ3) is 4.84. The van der Waals surface area contributed by atoms with Crippen LogP contribution < -0.4 is 0 Å². The van der Waals surface area contributed by atoms with E-state index in [0.29, 0.717) is 43.2 Å². The lowest BCUT2D eigenvalue weighted by Gasteiger charge is -2.24. The van der Waals surface area contributed by atoms with E-state index < -0.39 is 11.9 Å². The quantitative estimate of drug-likeness (QED) is 0.700. The highest BCUT2D eigenvalue weighted by molar-refractivity contribution is 5.96. The SMILES string of the molecule is CCOCCCN(CC(C)C(=O)O)C(=O)c1c(C)noc1C. The van der Waals surface area contributed by atoms with E-state index in [9.17, 15) is 9.59 Å². The molecule has 1 aromatic heterocycles. The van der Waals surface area contributed by atoms with Crippen molar-refractivity contribution in [2.45, 2.75) is 34.1 Å². The van der Waals surface area contributed by atoms with Crippen molar-refractivity contribution < 1.29 is 24.0 Å². The summed E-state index contributed by atoms with van der Waals surface area (Å²) < 4.78 is 10.3. The molecule has 0 saturated carbocycles. The highest BCUT2D eigenvalue weighted by Crippen LogP contribution is 2.16. The lowest BCUT2D eigenvalue weighted by atomic mass is 10.1. The summed E-state index contributed by atoms with van der Waals surface area (Å²) in [7, 11) is 0. The van der Waals surface area contributed by atoms with Crippen molar-refractivity contribution in [1.82, 2.24) is 10.1 Å². The van der Waals surface area contributed by atoms with Crippen molar-refractivity contribution in [2.24, 2.45) is 5.92 Å². The molecule has 7 heteroatoms. The molecule has 1 N–H and O–H groups in total. The van der Waals surface area contributed by atoms with E-state index in [4.69, 9.17) is 14.4 Å². The third-order valence-electron chi connectivity index (χ3n) is 3.37. The molecule has 0 bridgehead atoms. The first-order valence-electron chi connectivity index (χ1n) is 7.41. The summed E-state index contributed by atoms with van der Waals surface area (Å²) in [6, 6.07) is 0. The Balaban J connectivity index is 2.83. The van der Waals surface area contributed by atoms with Crippen LogP contribution in [0.15, 0.2) is 4.52 Å². The molecule has 7 nitrogen and oxygen atoms in total. The Kier molecular flexibility index (Phi) is 7.04. The summed E-state index contributed by atoms with van der Waals surface area (Å²) >= 11 is 0. The fraction of sp³-hybridized carbons (Fsp3) is 0.667. The number of carboxylic acid groups (broad SMARTS) is 1. The summed E-state index contributed by atoms with van der Waals surface area (Å²) in [5.74, 6) is -1.38. The van der Waals surface area contributed by atoms with Crippen molar-refractivity contribution in [3.05, 3.63) is 17.0 Å². The molecule has 0 saturated heterocycles. The number of carbonyl (C=O) groups is 2. The molecule has 1 unspecified atom stereocenters. The fourth-order valence-corrected chi connectivity index (χ4v) is 2.13. The van der Waals surface area contributed by atoms with Gasteiger partial charge >= 0.3 is 5.97 Å². The van der Waals surface area contributed by atoms with Crippen LogP contribution in [0.25, 0.3) is 0 Å². The van der Waals surface area contributed by atoms with Gasteiger partial charge in [0.15, 0.2) is 0 Å². The first-order valence-corrected chi connectivity index (χ1v) is 7.41. The Morgan fingerprint density at radius 1 is 1.41 bits per heavy atom. The molecular formula is C15H24N2O5. The predicted molar refractivity (Wildman–Crippen MR) is 79.8 cm³/mol. The number of ether oxygens (including phenoxy) is 1. The maximum absolute atomic E-state index is 12.7. The second-order valence-corrected chi connectivity index (χ2v) is 5.24. The van der Waals surface area contributed by atoms with E-state index in [1.165, 1.54) is 4.90 Å². The standard InChI is InChI=1S/C15H24N2O5/c1-5-21-8-6-7-17(9-10(2)15(19)20)14(18)13-11(3)16-22-12(13)4/h10H,5-9H2,1-4H3,(H,19,20). The van der Waals surface area contributed by atoms with Gasteiger partial charge in [-0.25, -0.2) is 0 Å². The van der Waals surface area contributed by atoms with E-state index in [1.54, 1.807) is 20.8 Å². The number of nitrogens with zero attached hydrogens (tertiary/aromatic N) is 2. The minimum absolute atomic E-state index is 0.143. The first kappa shape index (κ1) is 18.2. The number of rotatable bonds is 9. The zero-order valence-electron chi connectivity index (χ0n) is 13.6. The molecule has 0 fully saturated rings. The molecule has 0 aliphatic carbocycles. The van der Waals surface area contributed by atoms with Crippen LogP contribution in [-0.4, -0.2) is 53.3 Å². The van der Waals surface area contributed by atoms with Crippen LogP contribution in [0.3, 0.4) is 0 Å². The van der Waals surface area contributed by atoms with E-state index in [-0.39, 0.29) is 12.5 Å². The topological polar surface area (TPSA) is 92.9 Å².